The molecule has 1 aromatic heterocycles. The van der Waals surface area contributed by atoms with E-state index in [1.54, 1.807) is 11.1 Å². The third-order valence-electron chi connectivity index (χ3n) is 3.81. The zero-order valence-corrected chi connectivity index (χ0v) is 11.3. The van der Waals surface area contributed by atoms with Crippen molar-refractivity contribution in [2.75, 3.05) is 18.1 Å². The van der Waals surface area contributed by atoms with Crippen LogP contribution in [0.4, 0.5) is 5.82 Å². The molecule has 2 aliphatic rings. The summed E-state index contributed by atoms with van der Waals surface area (Å²) in [5.41, 5.74) is 1.62. The van der Waals surface area contributed by atoms with E-state index in [0.717, 1.165) is 5.56 Å². The highest BCUT2D eigenvalue weighted by Crippen LogP contribution is 2.39. The summed E-state index contributed by atoms with van der Waals surface area (Å²) in [6, 6.07) is 13.1. The SMILES string of the molecule is O=C1c2ccccc2C(B2OCCO2)N1c1ccccn1. The first-order chi connectivity index (χ1) is 10.4. The fourth-order valence-electron chi connectivity index (χ4n) is 2.91. The third kappa shape index (κ3) is 1.95. The number of fused-ring (bicyclic) bond motifs is 1. The first-order valence-corrected chi connectivity index (χ1v) is 6.93. The Labute approximate surface area is 122 Å². The number of rotatable bonds is 2. The quantitative estimate of drug-likeness (QED) is 0.788. The number of carbonyl (C=O) groups excluding carboxylic acids is 1. The molecule has 1 unspecified atom stereocenters. The fraction of sp³-hybridized carbons (Fsp3) is 0.200. The highest BCUT2D eigenvalue weighted by atomic mass is 16.6. The molecule has 1 aromatic carbocycles. The second-order valence-corrected chi connectivity index (χ2v) is 5.01. The zero-order chi connectivity index (χ0) is 14.2. The van der Waals surface area contributed by atoms with Gasteiger partial charge in [-0.25, -0.2) is 4.98 Å². The van der Waals surface area contributed by atoms with Gasteiger partial charge in [0.2, 0.25) is 0 Å². The standard InChI is InChI=1S/C15H13BN2O3/c19-15-12-6-2-1-5-11(12)14(16-20-9-10-21-16)18(15)13-7-3-4-8-17-13/h1-8,14H,9-10H2. The van der Waals surface area contributed by atoms with Crippen LogP contribution in [-0.2, 0) is 9.31 Å². The van der Waals surface area contributed by atoms with E-state index in [2.05, 4.69) is 4.98 Å². The summed E-state index contributed by atoms with van der Waals surface area (Å²) in [4.78, 5) is 18.7. The number of aromatic nitrogens is 1. The van der Waals surface area contributed by atoms with Crippen LogP contribution in [0.3, 0.4) is 0 Å². The maximum atomic E-state index is 12.7. The van der Waals surface area contributed by atoms with Gasteiger partial charge in [-0.05, 0) is 23.8 Å². The minimum Gasteiger partial charge on any atom is -0.407 e. The maximum Gasteiger partial charge on any atom is 0.486 e. The van der Waals surface area contributed by atoms with Gasteiger partial charge in [-0.1, -0.05) is 24.3 Å². The largest absolute Gasteiger partial charge is 0.486 e. The molecule has 21 heavy (non-hydrogen) atoms. The summed E-state index contributed by atoms with van der Waals surface area (Å²) >= 11 is 0. The van der Waals surface area contributed by atoms with Gasteiger partial charge in [0.1, 0.15) is 5.82 Å². The molecule has 2 aliphatic heterocycles. The van der Waals surface area contributed by atoms with Crippen molar-refractivity contribution < 1.29 is 14.1 Å². The molecule has 3 heterocycles. The van der Waals surface area contributed by atoms with Gasteiger partial charge in [0.15, 0.2) is 0 Å². The number of anilines is 1. The molecular weight excluding hydrogens is 267 g/mol. The number of hydrogen-bond acceptors (Lipinski definition) is 4. The van der Waals surface area contributed by atoms with E-state index in [4.69, 9.17) is 9.31 Å². The predicted octanol–water partition coefficient (Wildman–Crippen LogP) is 1.86. The molecular formula is C15H13BN2O3. The van der Waals surface area contributed by atoms with Gasteiger partial charge in [-0.15, -0.1) is 0 Å². The minimum atomic E-state index is -0.445. The van der Waals surface area contributed by atoms with Crippen molar-refractivity contribution in [2.24, 2.45) is 0 Å². The van der Waals surface area contributed by atoms with Crippen molar-refractivity contribution in [1.29, 1.82) is 0 Å². The minimum absolute atomic E-state index is 0.0617. The first kappa shape index (κ1) is 12.6. The predicted molar refractivity (Wildman–Crippen MR) is 77.9 cm³/mol. The van der Waals surface area contributed by atoms with Crippen molar-refractivity contribution >= 4 is 18.8 Å². The van der Waals surface area contributed by atoms with Crippen molar-refractivity contribution in [3.8, 4) is 0 Å². The molecule has 5 nitrogen and oxygen atoms in total. The molecule has 0 saturated carbocycles. The Bertz CT molecular complexity index is 674. The van der Waals surface area contributed by atoms with Crippen LogP contribution in [0.2, 0.25) is 0 Å². The van der Waals surface area contributed by atoms with Gasteiger partial charge in [-0.3, -0.25) is 9.69 Å². The number of benzene rings is 1. The second kappa shape index (κ2) is 4.98. The van der Waals surface area contributed by atoms with Crippen LogP contribution in [0.25, 0.3) is 0 Å². The molecule has 1 saturated heterocycles. The van der Waals surface area contributed by atoms with Gasteiger partial charge < -0.3 is 9.31 Å². The molecule has 0 bridgehead atoms. The van der Waals surface area contributed by atoms with Crippen molar-refractivity contribution in [3.63, 3.8) is 0 Å². The van der Waals surface area contributed by atoms with Crippen LogP contribution in [0, 0.1) is 0 Å². The molecule has 104 valence electrons. The van der Waals surface area contributed by atoms with E-state index >= 15 is 0 Å². The van der Waals surface area contributed by atoms with Crippen LogP contribution in [0.5, 0.6) is 0 Å². The number of carbonyl (C=O) groups is 1. The summed E-state index contributed by atoms with van der Waals surface area (Å²) < 4.78 is 11.3. The first-order valence-electron chi connectivity index (χ1n) is 6.93. The van der Waals surface area contributed by atoms with Crippen molar-refractivity contribution in [1.82, 2.24) is 4.98 Å². The monoisotopic (exact) mass is 280 g/mol. The lowest BCUT2D eigenvalue weighted by atomic mass is 9.74. The van der Waals surface area contributed by atoms with E-state index in [-0.39, 0.29) is 11.8 Å². The van der Waals surface area contributed by atoms with Crippen LogP contribution in [0.15, 0.2) is 48.7 Å². The molecule has 1 atom stereocenters. The summed E-state index contributed by atoms with van der Waals surface area (Å²) in [6.45, 7) is 1.10. The van der Waals surface area contributed by atoms with Crippen molar-refractivity contribution in [3.05, 3.63) is 59.8 Å². The fourth-order valence-corrected chi connectivity index (χ4v) is 2.91. The summed E-state index contributed by atoms with van der Waals surface area (Å²) in [7, 11) is -0.445. The van der Waals surface area contributed by atoms with Crippen molar-refractivity contribution in [2.45, 2.75) is 5.94 Å². The molecule has 0 radical (unpaired) electrons. The molecule has 0 spiro atoms. The lowest BCUT2D eigenvalue weighted by molar-refractivity contribution is 0.0992. The number of nitrogens with zero attached hydrogens (tertiary/aromatic N) is 2. The topological polar surface area (TPSA) is 51.7 Å². The Morgan fingerprint density at radius 2 is 1.86 bits per heavy atom. The van der Waals surface area contributed by atoms with Crippen LogP contribution in [0.1, 0.15) is 21.9 Å². The van der Waals surface area contributed by atoms with Crippen LogP contribution < -0.4 is 4.90 Å². The maximum absolute atomic E-state index is 12.7. The molecule has 0 N–H and O–H groups in total. The van der Waals surface area contributed by atoms with Crippen LogP contribution in [-0.4, -0.2) is 31.2 Å². The normalized spacial score (nSPS) is 21.0. The van der Waals surface area contributed by atoms with E-state index in [0.29, 0.717) is 24.6 Å². The second-order valence-electron chi connectivity index (χ2n) is 5.01. The van der Waals surface area contributed by atoms with Gasteiger partial charge in [-0.2, -0.15) is 0 Å². The Kier molecular flexibility index (Phi) is 2.98. The number of pyridine rings is 1. The Morgan fingerprint density at radius 1 is 1.10 bits per heavy atom. The van der Waals surface area contributed by atoms with Gasteiger partial charge in [0.05, 0.1) is 19.2 Å². The smallest absolute Gasteiger partial charge is 0.407 e. The highest BCUT2D eigenvalue weighted by Gasteiger charge is 2.48. The summed E-state index contributed by atoms with van der Waals surface area (Å²) in [5.74, 6) is 0.266. The average molecular weight is 280 g/mol. The third-order valence-corrected chi connectivity index (χ3v) is 3.81. The van der Waals surface area contributed by atoms with Crippen LogP contribution >= 0.6 is 0 Å². The molecule has 0 aliphatic carbocycles. The van der Waals surface area contributed by atoms with E-state index in [9.17, 15) is 4.79 Å². The summed E-state index contributed by atoms with van der Waals surface area (Å²) in [5, 5.41) is 0. The molecule has 1 fully saturated rings. The molecule has 2 aromatic rings. The summed E-state index contributed by atoms with van der Waals surface area (Å²) in [6.07, 6.45) is 1.68. The van der Waals surface area contributed by atoms with Gasteiger partial charge >= 0.3 is 7.12 Å². The molecule has 4 rings (SSSR count). The number of amides is 1. The number of hydrogen-bond donors (Lipinski definition) is 0. The average Bonchev–Trinajstić information content (AvgIpc) is 3.15. The lowest BCUT2D eigenvalue weighted by Crippen LogP contribution is -2.39. The lowest BCUT2D eigenvalue weighted by Gasteiger charge is -2.25. The Hall–Kier alpha value is -2.18. The highest BCUT2D eigenvalue weighted by molar-refractivity contribution is 6.50. The Morgan fingerprint density at radius 3 is 2.62 bits per heavy atom. The van der Waals surface area contributed by atoms with Gasteiger partial charge in [0.25, 0.3) is 5.91 Å². The van der Waals surface area contributed by atoms with E-state index < -0.39 is 7.12 Å². The van der Waals surface area contributed by atoms with E-state index in [1.807, 2.05) is 42.5 Å². The molecule has 6 heteroatoms. The Balaban J connectivity index is 1.83. The molecule has 1 amide bonds. The van der Waals surface area contributed by atoms with E-state index in [1.165, 1.54) is 0 Å². The zero-order valence-electron chi connectivity index (χ0n) is 11.3. The van der Waals surface area contributed by atoms with Gasteiger partial charge in [0, 0.05) is 11.8 Å².